The predicted octanol–water partition coefficient (Wildman–Crippen LogP) is 2.40. The molecule has 0 atom stereocenters. The van der Waals surface area contributed by atoms with Crippen LogP contribution >= 0.6 is 11.8 Å². The van der Waals surface area contributed by atoms with Gasteiger partial charge in [-0.3, -0.25) is 4.79 Å². The molecule has 0 aliphatic carbocycles. The summed E-state index contributed by atoms with van der Waals surface area (Å²) in [6.45, 7) is 0. The largest absolute Gasteiger partial charge is 0.497 e. The zero-order valence-corrected chi connectivity index (χ0v) is 11.5. The van der Waals surface area contributed by atoms with E-state index in [0.717, 1.165) is 5.16 Å². The number of H-pyrrole nitrogens is 1. The molecule has 0 saturated carbocycles. The van der Waals surface area contributed by atoms with Gasteiger partial charge in [-0.05, 0) is 12.1 Å². The lowest BCUT2D eigenvalue weighted by atomic mass is 10.1. The molecule has 0 bridgehead atoms. The van der Waals surface area contributed by atoms with Gasteiger partial charge in [-0.15, -0.1) is 0 Å². The van der Waals surface area contributed by atoms with E-state index < -0.39 is 0 Å². The number of benzene rings is 1. The Balaban J connectivity index is 2.09. The maximum atomic E-state index is 12.1. The first-order valence-corrected chi connectivity index (χ1v) is 6.60. The fourth-order valence-corrected chi connectivity index (χ4v) is 2.28. The Morgan fingerprint density at radius 1 is 1.37 bits per heavy atom. The average molecular weight is 278 g/mol. The first kappa shape index (κ1) is 13.5. The molecule has 5 nitrogen and oxygen atoms in total. The van der Waals surface area contributed by atoms with Crippen molar-refractivity contribution in [3.05, 3.63) is 36.2 Å². The lowest BCUT2D eigenvalue weighted by Gasteiger charge is -2.09. The van der Waals surface area contributed by atoms with Gasteiger partial charge in [0.1, 0.15) is 11.5 Å². The van der Waals surface area contributed by atoms with Gasteiger partial charge in [-0.1, -0.05) is 11.8 Å². The zero-order valence-electron chi connectivity index (χ0n) is 10.7. The van der Waals surface area contributed by atoms with E-state index in [9.17, 15) is 4.79 Å². The minimum atomic E-state index is -0.0131. The number of thioether (sulfide) groups is 1. The summed E-state index contributed by atoms with van der Waals surface area (Å²) in [7, 11) is 3.11. The molecule has 2 aromatic rings. The fraction of sp³-hybridized carbons (Fsp3) is 0.231. The number of aromatic nitrogens is 2. The Labute approximate surface area is 115 Å². The molecule has 0 fully saturated rings. The van der Waals surface area contributed by atoms with Crippen molar-refractivity contribution in [1.29, 1.82) is 0 Å². The number of imidazole rings is 1. The number of nitrogens with zero attached hydrogens (tertiary/aromatic N) is 1. The Hall–Kier alpha value is -1.95. The average Bonchev–Trinajstić information content (AvgIpc) is 2.97. The number of carbonyl (C=O) groups excluding carboxylic acids is 1. The van der Waals surface area contributed by atoms with Crippen LogP contribution in [0.1, 0.15) is 10.4 Å². The van der Waals surface area contributed by atoms with Crippen LogP contribution in [0, 0.1) is 0 Å². The second-order valence-electron chi connectivity index (χ2n) is 3.67. The lowest BCUT2D eigenvalue weighted by molar-refractivity contribution is 0.101. The van der Waals surface area contributed by atoms with Gasteiger partial charge in [0.05, 0.1) is 25.5 Å². The third-order valence-corrected chi connectivity index (χ3v) is 3.43. The van der Waals surface area contributed by atoms with Gasteiger partial charge in [0.2, 0.25) is 0 Å². The molecule has 1 aromatic carbocycles. The van der Waals surface area contributed by atoms with E-state index in [2.05, 4.69) is 9.97 Å². The number of nitrogens with one attached hydrogen (secondary N) is 1. The van der Waals surface area contributed by atoms with E-state index in [1.165, 1.54) is 18.9 Å². The van der Waals surface area contributed by atoms with Crippen LogP contribution in [0.3, 0.4) is 0 Å². The molecule has 6 heteroatoms. The van der Waals surface area contributed by atoms with Crippen molar-refractivity contribution in [1.82, 2.24) is 9.97 Å². The molecule has 0 unspecified atom stereocenters. The molecule has 0 saturated heterocycles. The quantitative estimate of drug-likeness (QED) is 0.649. The van der Waals surface area contributed by atoms with Crippen LogP contribution in [0.5, 0.6) is 11.5 Å². The second-order valence-corrected chi connectivity index (χ2v) is 4.64. The van der Waals surface area contributed by atoms with Crippen LogP contribution in [0.4, 0.5) is 0 Å². The summed E-state index contributed by atoms with van der Waals surface area (Å²) in [6.07, 6.45) is 3.38. The molecule has 1 N–H and O–H groups in total. The van der Waals surface area contributed by atoms with Crippen LogP contribution < -0.4 is 9.47 Å². The molecule has 19 heavy (non-hydrogen) atoms. The summed E-state index contributed by atoms with van der Waals surface area (Å²) in [5.74, 6) is 1.47. The maximum absolute atomic E-state index is 12.1. The van der Waals surface area contributed by atoms with Gasteiger partial charge in [-0.25, -0.2) is 4.98 Å². The van der Waals surface area contributed by atoms with Gasteiger partial charge in [0.15, 0.2) is 10.9 Å². The van der Waals surface area contributed by atoms with Gasteiger partial charge >= 0.3 is 0 Å². The van der Waals surface area contributed by atoms with Gasteiger partial charge in [0.25, 0.3) is 0 Å². The Bertz CT molecular complexity index is 555. The molecule has 0 aliphatic heterocycles. The Kier molecular flexibility index (Phi) is 4.46. The highest BCUT2D eigenvalue weighted by Gasteiger charge is 2.14. The van der Waals surface area contributed by atoms with E-state index >= 15 is 0 Å². The Morgan fingerprint density at radius 3 is 2.84 bits per heavy atom. The first-order chi connectivity index (χ1) is 9.24. The summed E-state index contributed by atoms with van der Waals surface area (Å²) in [5.41, 5.74) is 0.544. The zero-order chi connectivity index (χ0) is 13.7. The summed E-state index contributed by atoms with van der Waals surface area (Å²) < 4.78 is 10.3. The minimum absolute atomic E-state index is 0.0131. The molecular weight excluding hydrogens is 264 g/mol. The SMILES string of the molecule is COc1ccc(C(=O)CSc2ncc[nH]2)c(OC)c1. The second kappa shape index (κ2) is 6.29. The van der Waals surface area contributed by atoms with Gasteiger partial charge in [-0.2, -0.15) is 0 Å². The minimum Gasteiger partial charge on any atom is -0.497 e. The number of aromatic amines is 1. The number of hydrogen-bond acceptors (Lipinski definition) is 5. The van der Waals surface area contributed by atoms with E-state index in [1.807, 2.05) is 0 Å². The number of methoxy groups -OCH3 is 2. The van der Waals surface area contributed by atoms with Crippen molar-refractivity contribution in [3.63, 3.8) is 0 Å². The van der Waals surface area contributed by atoms with Crippen molar-refractivity contribution in [2.75, 3.05) is 20.0 Å². The van der Waals surface area contributed by atoms with Crippen molar-refractivity contribution < 1.29 is 14.3 Å². The monoisotopic (exact) mass is 278 g/mol. The molecule has 0 amide bonds. The molecule has 0 spiro atoms. The van der Waals surface area contributed by atoms with Crippen molar-refractivity contribution in [2.45, 2.75) is 5.16 Å². The number of hydrogen-bond donors (Lipinski definition) is 1. The summed E-state index contributed by atoms with van der Waals surface area (Å²) in [5, 5.41) is 0.723. The molecule has 0 radical (unpaired) electrons. The highest BCUT2D eigenvalue weighted by Crippen LogP contribution is 2.26. The fourth-order valence-electron chi connectivity index (χ4n) is 1.57. The third-order valence-electron chi connectivity index (χ3n) is 2.52. The number of ketones is 1. The van der Waals surface area contributed by atoms with Gasteiger partial charge in [0, 0.05) is 18.5 Å². The predicted molar refractivity (Wildman–Crippen MR) is 73.2 cm³/mol. The topological polar surface area (TPSA) is 64.2 Å². The lowest BCUT2D eigenvalue weighted by Crippen LogP contribution is -2.05. The summed E-state index contributed by atoms with van der Waals surface area (Å²) >= 11 is 1.36. The summed E-state index contributed by atoms with van der Waals surface area (Å²) in [6, 6.07) is 5.15. The molecule has 1 heterocycles. The van der Waals surface area contributed by atoms with E-state index in [4.69, 9.17) is 9.47 Å². The number of rotatable bonds is 6. The molecule has 1 aromatic heterocycles. The standard InChI is InChI=1S/C13H14N2O3S/c1-17-9-3-4-10(12(7-9)18-2)11(16)8-19-13-14-5-6-15-13/h3-7H,8H2,1-2H3,(H,14,15). The van der Waals surface area contributed by atoms with Crippen molar-refractivity contribution in [3.8, 4) is 11.5 Å². The first-order valence-electron chi connectivity index (χ1n) is 5.62. The van der Waals surface area contributed by atoms with E-state index in [1.54, 1.807) is 37.7 Å². The van der Waals surface area contributed by atoms with Crippen LogP contribution in [-0.2, 0) is 0 Å². The summed E-state index contributed by atoms with van der Waals surface area (Å²) in [4.78, 5) is 19.1. The molecule has 100 valence electrons. The molecular formula is C13H14N2O3S. The van der Waals surface area contributed by atoms with Crippen molar-refractivity contribution in [2.24, 2.45) is 0 Å². The molecule has 0 aliphatic rings. The van der Waals surface area contributed by atoms with Crippen LogP contribution in [0.25, 0.3) is 0 Å². The number of carbonyl (C=O) groups is 1. The van der Waals surface area contributed by atoms with Crippen LogP contribution in [0.2, 0.25) is 0 Å². The number of Topliss-reactive ketones (excluding diaryl/α,β-unsaturated/α-hetero) is 1. The highest BCUT2D eigenvalue weighted by molar-refractivity contribution is 7.99. The van der Waals surface area contributed by atoms with Crippen LogP contribution in [0.15, 0.2) is 35.7 Å². The Morgan fingerprint density at radius 2 is 2.21 bits per heavy atom. The van der Waals surface area contributed by atoms with E-state index in [0.29, 0.717) is 22.8 Å². The third kappa shape index (κ3) is 3.29. The van der Waals surface area contributed by atoms with E-state index in [-0.39, 0.29) is 5.78 Å². The highest BCUT2D eigenvalue weighted by atomic mass is 32.2. The van der Waals surface area contributed by atoms with Crippen molar-refractivity contribution >= 4 is 17.5 Å². The van der Waals surface area contributed by atoms with Gasteiger partial charge < -0.3 is 14.5 Å². The molecule has 2 rings (SSSR count). The number of ether oxygens (including phenoxy) is 2. The maximum Gasteiger partial charge on any atom is 0.176 e. The van der Waals surface area contributed by atoms with Crippen LogP contribution in [-0.4, -0.2) is 35.7 Å². The smallest absolute Gasteiger partial charge is 0.176 e. The normalized spacial score (nSPS) is 10.2.